The second-order valence-electron chi connectivity index (χ2n) is 2.03. The zero-order valence-corrected chi connectivity index (χ0v) is 6.03. The summed E-state index contributed by atoms with van der Waals surface area (Å²) in [4.78, 5) is 25.2. The molecule has 0 aromatic heterocycles. The van der Waals surface area contributed by atoms with Gasteiger partial charge in [-0.25, -0.2) is 4.79 Å². The molecule has 0 unspecified atom stereocenters. The predicted octanol–water partition coefficient (Wildman–Crippen LogP) is 0.0869. The van der Waals surface area contributed by atoms with Crippen LogP contribution in [0, 0.1) is 0 Å². The molecule has 0 radical (unpaired) electrons. The van der Waals surface area contributed by atoms with Crippen LogP contribution >= 0.6 is 0 Å². The minimum atomic E-state index is -0.539. The van der Waals surface area contributed by atoms with Crippen molar-refractivity contribution in [2.24, 2.45) is 4.99 Å². The molecule has 0 bridgehead atoms. The molecular formula is C7H7NO3. The molecule has 0 saturated heterocycles. The van der Waals surface area contributed by atoms with Crippen molar-refractivity contribution in [2.45, 2.75) is 6.42 Å². The monoisotopic (exact) mass is 153 g/mol. The van der Waals surface area contributed by atoms with Gasteiger partial charge < -0.3 is 4.74 Å². The van der Waals surface area contributed by atoms with Crippen LogP contribution in [0.2, 0.25) is 0 Å². The fourth-order valence-corrected chi connectivity index (χ4v) is 0.723. The zero-order valence-electron chi connectivity index (χ0n) is 6.03. The van der Waals surface area contributed by atoms with Gasteiger partial charge in [-0.15, -0.1) is 0 Å². The van der Waals surface area contributed by atoms with E-state index in [1.807, 2.05) is 0 Å². The van der Waals surface area contributed by atoms with Crippen LogP contribution in [0.3, 0.4) is 0 Å². The molecule has 0 fully saturated rings. The van der Waals surface area contributed by atoms with Crippen molar-refractivity contribution >= 4 is 17.5 Å². The van der Waals surface area contributed by atoms with Crippen LogP contribution in [0.15, 0.2) is 17.3 Å². The van der Waals surface area contributed by atoms with Gasteiger partial charge in [-0.05, 0) is 6.08 Å². The first-order valence-corrected chi connectivity index (χ1v) is 3.08. The van der Waals surface area contributed by atoms with E-state index in [0.29, 0.717) is 0 Å². The van der Waals surface area contributed by atoms with Gasteiger partial charge >= 0.3 is 5.97 Å². The molecule has 0 N–H and O–H groups in total. The topological polar surface area (TPSA) is 55.7 Å². The Morgan fingerprint density at radius 2 is 2.45 bits per heavy atom. The molecule has 58 valence electrons. The predicted molar refractivity (Wildman–Crippen MR) is 38.2 cm³/mol. The highest BCUT2D eigenvalue weighted by Gasteiger charge is 2.16. The third-order valence-electron chi connectivity index (χ3n) is 1.25. The Hall–Kier alpha value is -1.45. The minimum Gasteiger partial charge on any atom is -0.465 e. The van der Waals surface area contributed by atoms with Gasteiger partial charge in [0.05, 0.1) is 13.5 Å². The number of rotatable bonds is 1. The largest absolute Gasteiger partial charge is 0.465 e. The summed E-state index contributed by atoms with van der Waals surface area (Å²) in [6.07, 6.45) is 2.67. The van der Waals surface area contributed by atoms with Crippen molar-refractivity contribution in [3.8, 4) is 0 Å². The number of hydrogen-bond donors (Lipinski definition) is 0. The lowest BCUT2D eigenvalue weighted by atomic mass is 10.1. The summed E-state index contributed by atoms with van der Waals surface area (Å²) in [5.74, 6) is -0.664. The van der Waals surface area contributed by atoms with Gasteiger partial charge in [0.25, 0.3) is 0 Å². The van der Waals surface area contributed by atoms with E-state index in [0.717, 1.165) is 0 Å². The van der Waals surface area contributed by atoms with E-state index in [-0.39, 0.29) is 17.9 Å². The highest BCUT2D eigenvalue weighted by molar-refractivity contribution is 6.41. The number of aliphatic imine (C=N–C) groups is 1. The van der Waals surface area contributed by atoms with E-state index in [1.54, 1.807) is 0 Å². The third kappa shape index (κ3) is 1.73. The van der Waals surface area contributed by atoms with E-state index in [1.165, 1.54) is 19.4 Å². The Bertz CT molecular complexity index is 252. The maximum atomic E-state index is 10.8. The maximum absolute atomic E-state index is 10.8. The van der Waals surface area contributed by atoms with Crippen molar-refractivity contribution in [3.63, 3.8) is 0 Å². The molecule has 0 saturated carbocycles. The first-order chi connectivity index (χ1) is 5.24. The van der Waals surface area contributed by atoms with Crippen molar-refractivity contribution < 1.29 is 14.3 Å². The maximum Gasteiger partial charge on any atom is 0.352 e. The van der Waals surface area contributed by atoms with Gasteiger partial charge in [-0.3, -0.25) is 9.79 Å². The molecule has 1 rings (SSSR count). The number of esters is 1. The molecule has 1 aliphatic rings. The van der Waals surface area contributed by atoms with Gasteiger partial charge in [0.15, 0.2) is 5.78 Å². The SMILES string of the molecule is COC(=O)C1=NC=CC(=O)C1. The summed E-state index contributed by atoms with van der Waals surface area (Å²) in [6, 6.07) is 0. The standard InChI is InChI=1S/C7H7NO3/c1-11-7(10)6-4-5(9)2-3-8-6/h2-3H,4H2,1H3. The molecular weight excluding hydrogens is 146 g/mol. The number of carbonyl (C=O) groups excluding carboxylic acids is 2. The van der Waals surface area contributed by atoms with E-state index in [2.05, 4.69) is 9.73 Å². The molecule has 1 aliphatic heterocycles. The molecule has 0 aromatic carbocycles. The average Bonchev–Trinajstić information content (AvgIpc) is 2.03. The van der Waals surface area contributed by atoms with Gasteiger partial charge in [-0.2, -0.15) is 0 Å². The zero-order chi connectivity index (χ0) is 8.27. The van der Waals surface area contributed by atoms with E-state index in [9.17, 15) is 9.59 Å². The summed E-state index contributed by atoms with van der Waals surface area (Å²) in [7, 11) is 1.26. The second-order valence-corrected chi connectivity index (χ2v) is 2.03. The van der Waals surface area contributed by atoms with E-state index < -0.39 is 5.97 Å². The molecule has 0 spiro atoms. The first-order valence-electron chi connectivity index (χ1n) is 3.08. The molecule has 4 nitrogen and oxygen atoms in total. The van der Waals surface area contributed by atoms with Crippen molar-refractivity contribution in [2.75, 3.05) is 7.11 Å². The highest BCUT2D eigenvalue weighted by atomic mass is 16.5. The van der Waals surface area contributed by atoms with Crippen LogP contribution in [0.25, 0.3) is 0 Å². The fraction of sp³-hybridized carbons (Fsp3) is 0.286. The molecule has 1 heterocycles. The smallest absolute Gasteiger partial charge is 0.352 e. The Balaban J connectivity index is 2.74. The van der Waals surface area contributed by atoms with Gasteiger partial charge in [0.2, 0.25) is 0 Å². The number of carbonyl (C=O) groups is 2. The summed E-state index contributed by atoms with van der Waals surface area (Å²) in [6.45, 7) is 0. The number of allylic oxidation sites excluding steroid dienone is 1. The number of ketones is 1. The van der Waals surface area contributed by atoms with Gasteiger partial charge in [0, 0.05) is 6.20 Å². The molecule has 11 heavy (non-hydrogen) atoms. The number of ether oxygens (including phenoxy) is 1. The summed E-state index contributed by atoms with van der Waals surface area (Å²) in [5, 5.41) is 0. The van der Waals surface area contributed by atoms with Crippen LogP contribution in [0.4, 0.5) is 0 Å². The number of nitrogens with zero attached hydrogens (tertiary/aromatic N) is 1. The Labute approximate surface area is 63.6 Å². The number of hydrogen-bond acceptors (Lipinski definition) is 4. The first kappa shape index (κ1) is 7.65. The molecule has 0 aliphatic carbocycles. The summed E-state index contributed by atoms with van der Waals surface area (Å²) in [5.41, 5.74) is 0.167. The molecule has 4 heteroatoms. The normalized spacial score (nSPS) is 16.1. The van der Waals surface area contributed by atoms with E-state index in [4.69, 9.17) is 0 Å². The van der Waals surface area contributed by atoms with Crippen LogP contribution < -0.4 is 0 Å². The lowest BCUT2D eigenvalue weighted by molar-refractivity contribution is -0.133. The van der Waals surface area contributed by atoms with Crippen LogP contribution in [-0.4, -0.2) is 24.6 Å². The lowest BCUT2D eigenvalue weighted by Gasteiger charge is -2.02. The average molecular weight is 153 g/mol. The number of methoxy groups -OCH3 is 1. The minimum absolute atomic E-state index is 0.0448. The van der Waals surface area contributed by atoms with E-state index >= 15 is 0 Å². The molecule has 0 atom stereocenters. The van der Waals surface area contributed by atoms with Gasteiger partial charge in [0.1, 0.15) is 5.71 Å². The van der Waals surface area contributed by atoms with Crippen LogP contribution in [-0.2, 0) is 14.3 Å². The quantitative estimate of drug-likeness (QED) is 0.501. The van der Waals surface area contributed by atoms with Gasteiger partial charge in [-0.1, -0.05) is 0 Å². The summed E-state index contributed by atoms with van der Waals surface area (Å²) >= 11 is 0. The molecule has 0 aromatic rings. The highest BCUT2D eigenvalue weighted by Crippen LogP contribution is 2.00. The fourth-order valence-electron chi connectivity index (χ4n) is 0.723. The second kappa shape index (κ2) is 3.09. The Morgan fingerprint density at radius 3 is 3.00 bits per heavy atom. The van der Waals surface area contributed by atoms with Crippen molar-refractivity contribution in [3.05, 3.63) is 12.3 Å². The van der Waals surface area contributed by atoms with Crippen LogP contribution in [0.1, 0.15) is 6.42 Å². The molecule has 0 amide bonds. The Kier molecular flexibility index (Phi) is 2.15. The lowest BCUT2D eigenvalue weighted by Crippen LogP contribution is -2.20. The third-order valence-corrected chi connectivity index (χ3v) is 1.25. The summed E-state index contributed by atoms with van der Waals surface area (Å²) < 4.78 is 4.38. The van der Waals surface area contributed by atoms with Crippen molar-refractivity contribution in [1.82, 2.24) is 0 Å². The Morgan fingerprint density at radius 1 is 1.73 bits per heavy atom. The van der Waals surface area contributed by atoms with Crippen LogP contribution in [0.5, 0.6) is 0 Å². The van der Waals surface area contributed by atoms with Crippen molar-refractivity contribution in [1.29, 1.82) is 0 Å².